The van der Waals surface area contributed by atoms with Crippen molar-refractivity contribution in [2.45, 2.75) is 51.4 Å². The molecule has 8 aliphatic carbocycles. The van der Waals surface area contributed by atoms with Gasteiger partial charge in [0.2, 0.25) is 0 Å². The number of hydrogen-bond acceptors (Lipinski definition) is 12. The number of hydrogen-bond donors (Lipinski definition) is 0. The molecule has 0 radical (unpaired) electrons. The van der Waals surface area contributed by atoms with Crippen LogP contribution in [0.4, 0.5) is 0 Å². The smallest absolute Gasteiger partial charge is 0.164 e. The molecular weight excluding hydrogens is 1520 g/mol. The predicted molar refractivity (Wildman–Crippen MR) is 489 cm³/mol. The molecule has 0 amide bonds. The number of benzene rings is 8. The zero-order valence-corrected chi connectivity index (χ0v) is 66.5. The van der Waals surface area contributed by atoms with E-state index in [0.29, 0.717) is 0 Å². The SMILES string of the molecule is c1ccc2c(c1)Cc1ccc3c(c1-2)-c1nc2c4cccnc4c4ccncc4n2c1C3.c1ccc2c(c1)Cc1ccc3c(c1-2)-c1nc2c4ccncc4c4ccncc4n2c1C3.c1ccc2c(c1)Cc1ccc3c(c1-2)-c1nc2c4cnccc4c4ccncc4n2c1C3.c1ccc2c(c1)Cc1ccc3c(c1-2)-c1nc2c4ncccc4c4ccncc4n2c1C3. The van der Waals surface area contributed by atoms with Crippen molar-refractivity contribution < 1.29 is 0 Å². The van der Waals surface area contributed by atoms with E-state index in [1.54, 1.807) is 0 Å². The normalized spacial score (nSPS) is 13.5. The molecule has 576 valence electrons. The first-order chi connectivity index (χ1) is 61.5. The lowest BCUT2D eigenvalue weighted by atomic mass is 9.96. The van der Waals surface area contributed by atoms with Crippen LogP contribution in [0.3, 0.4) is 0 Å². The molecule has 8 aliphatic rings. The molecule has 0 atom stereocenters. The van der Waals surface area contributed by atoms with Gasteiger partial charge < -0.3 is 0 Å². The van der Waals surface area contributed by atoms with E-state index in [1.807, 2.05) is 98.9 Å². The van der Waals surface area contributed by atoms with Crippen LogP contribution in [0.5, 0.6) is 0 Å². The summed E-state index contributed by atoms with van der Waals surface area (Å²) >= 11 is 0. The van der Waals surface area contributed by atoms with Gasteiger partial charge in [-0.3, -0.25) is 57.5 Å². The molecule has 8 aromatic carbocycles. The molecule has 16 aromatic heterocycles. The standard InChI is InChI=1S/4C27H16N4/c1-2-5-18-15(4-1)12-16-7-8-17-13-21-26(24(17)23(16)18)30-27-20-6-3-10-29-25(20)19-9-11-28-14-22(19)31(21)27;1-2-5-18-15(4-1)12-16-7-8-17-13-21-26(24(17)23(16)18)30-27-25-20(6-3-10-29-25)19-9-11-28-14-22(19)31(21)27;1-2-4-18-15(3-1)11-16-5-6-17-12-22-26(25(17)24(16)18)30-27-20-8-10-28-13-21(20)19-7-9-29-14-23(19)31(22)27;1-2-4-18-15(3-1)11-16-5-6-17-12-22-26(25(17)24(16)18)30-27-21-13-28-9-7-19(21)20-8-10-29-14-23(20)31(22)27/h2*1-11,14H,12-13H2;2*1-10,13-14H,11-12H2. The number of pyridine rings is 12. The van der Waals surface area contributed by atoms with Gasteiger partial charge in [0.05, 0.1) is 97.9 Å². The fraction of sp³-hybridized carbons (Fsp3) is 0.0741. The minimum Gasteiger partial charge on any atom is -0.294 e. The van der Waals surface area contributed by atoms with Crippen LogP contribution in [-0.2, 0) is 51.4 Å². The van der Waals surface area contributed by atoms with Gasteiger partial charge in [-0.25, -0.2) is 19.9 Å². The lowest BCUT2D eigenvalue weighted by molar-refractivity contribution is 1.08. The Morgan fingerprint density at radius 3 is 0.911 bits per heavy atom. The molecule has 0 saturated carbocycles. The topological polar surface area (TPSA) is 172 Å². The van der Waals surface area contributed by atoms with Crippen molar-refractivity contribution in [3.63, 3.8) is 0 Å². The van der Waals surface area contributed by atoms with Crippen molar-refractivity contribution in [1.82, 2.24) is 77.4 Å². The van der Waals surface area contributed by atoms with Gasteiger partial charge >= 0.3 is 0 Å². The molecule has 16 nitrogen and oxygen atoms in total. The fourth-order valence-electron chi connectivity index (χ4n) is 22.8. The van der Waals surface area contributed by atoms with Gasteiger partial charge in [-0.2, -0.15) is 0 Å². The average molecular weight is 1590 g/mol. The Kier molecular flexibility index (Phi) is 13.3. The van der Waals surface area contributed by atoms with Crippen LogP contribution < -0.4 is 0 Å². The predicted octanol–water partition coefficient (Wildman–Crippen LogP) is 22.3. The van der Waals surface area contributed by atoms with Crippen molar-refractivity contribution in [2.75, 3.05) is 0 Å². The molecular formula is C108H64N16. The Bertz CT molecular complexity index is 8010. The minimum absolute atomic E-state index is 0.879. The molecule has 24 aromatic rings. The van der Waals surface area contributed by atoms with Gasteiger partial charge in [-0.05, 0) is 197 Å². The Balaban J connectivity index is 0.0000000828. The van der Waals surface area contributed by atoms with E-state index in [-0.39, 0.29) is 0 Å². The van der Waals surface area contributed by atoms with Crippen LogP contribution in [0.15, 0.2) is 293 Å². The van der Waals surface area contributed by atoms with Crippen molar-refractivity contribution in [3.8, 4) is 89.5 Å². The number of rotatable bonds is 0. The lowest BCUT2D eigenvalue weighted by Gasteiger charge is -2.10. The van der Waals surface area contributed by atoms with E-state index in [0.717, 1.165) is 173 Å². The van der Waals surface area contributed by atoms with Crippen LogP contribution in [0, 0.1) is 0 Å². The van der Waals surface area contributed by atoms with Gasteiger partial charge in [-0.1, -0.05) is 152 Å². The summed E-state index contributed by atoms with van der Waals surface area (Å²) in [7, 11) is 0. The van der Waals surface area contributed by atoms with Crippen LogP contribution >= 0.6 is 0 Å². The molecule has 16 heterocycles. The Labute approximate surface area is 706 Å². The summed E-state index contributed by atoms with van der Waals surface area (Å²) in [6, 6.07) is 74.4. The Hall–Kier alpha value is -16.2. The average Bonchev–Trinajstić information content (AvgIpc) is 1.55. The maximum atomic E-state index is 5.27. The molecule has 0 bridgehead atoms. The second-order valence-corrected chi connectivity index (χ2v) is 34.1. The van der Waals surface area contributed by atoms with Crippen LogP contribution in [0.2, 0.25) is 0 Å². The van der Waals surface area contributed by atoms with E-state index >= 15 is 0 Å². The zero-order chi connectivity index (χ0) is 80.4. The third-order valence-corrected chi connectivity index (χ3v) is 27.9. The number of aromatic nitrogens is 16. The van der Waals surface area contributed by atoms with E-state index < -0.39 is 0 Å². The monoisotopic (exact) mass is 1580 g/mol. The molecule has 0 saturated heterocycles. The largest absolute Gasteiger partial charge is 0.294 e. The highest BCUT2D eigenvalue weighted by Gasteiger charge is 2.39. The van der Waals surface area contributed by atoms with E-state index in [4.69, 9.17) is 29.9 Å². The number of nitrogens with zero attached hydrogens (tertiary/aromatic N) is 16. The summed E-state index contributed by atoms with van der Waals surface area (Å²) in [4.78, 5) is 57.0. The quantitative estimate of drug-likeness (QED) is 0.132. The van der Waals surface area contributed by atoms with Gasteiger partial charge in [-0.15, -0.1) is 0 Å². The molecule has 0 fully saturated rings. The molecule has 124 heavy (non-hydrogen) atoms. The zero-order valence-electron chi connectivity index (χ0n) is 66.5. The number of fused-ring (bicyclic) bond motifs is 56. The highest BCUT2D eigenvalue weighted by Crippen LogP contribution is 2.56. The van der Waals surface area contributed by atoms with Crippen molar-refractivity contribution >= 4 is 110 Å². The number of imidazole rings is 4. The van der Waals surface area contributed by atoms with Gasteiger partial charge in [0, 0.05) is 158 Å². The summed E-state index contributed by atoms with van der Waals surface area (Å²) in [5, 5.41) is 11.4. The molecule has 0 N–H and O–H groups in total. The summed E-state index contributed by atoms with van der Waals surface area (Å²) in [5.41, 5.74) is 52.6. The van der Waals surface area contributed by atoms with Gasteiger partial charge in [0.1, 0.15) is 22.5 Å². The minimum atomic E-state index is 0.879. The first-order valence-corrected chi connectivity index (χ1v) is 42.5. The maximum absolute atomic E-state index is 5.27. The highest BCUT2D eigenvalue weighted by atomic mass is 15.1. The van der Waals surface area contributed by atoms with Gasteiger partial charge in [0.25, 0.3) is 0 Å². The summed E-state index contributed by atoms with van der Waals surface area (Å²) < 4.78 is 9.25. The maximum Gasteiger partial charge on any atom is 0.164 e. The van der Waals surface area contributed by atoms with E-state index in [1.165, 1.54) is 167 Å². The fourth-order valence-corrected chi connectivity index (χ4v) is 22.8. The molecule has 0 aliphatic heterocycles. The highest BCUT2D eigenvalue weighted by molar-refractivity contribution is 6.16. The second kappa shape index (κ2) is 24.7. The Morgan fingerprint density at radius 2 is 0.484 bits per heavy atom. The van der Waals surface area contributed by atoms with Gasteiger partial charge in [0.15, 0.2) is 5.65 Å². The van der Waals surface area contributed by atoms with Crippen molar-refractivity contribution in [1.29, 1.82) is 0 Å². The van der Waals surface area contributed by atoms with Crippen LogP contribution in [0.1, 0.15) is 89.5 Å². The van der Waals surface area contributed by atoms with Crippen LogP contribution in [0.25, 0.3) is 199 Å². The van der Waals surface area contributed by atoms with E-state index in [2.05, 4.69) is 242 Å². The Morgan fingerprint density at radius 1 is 0.185 bits per heavy atom. The van der Waals surface area contributed by atoms with Crippen LogP contribution in [-0.4, -0.2) is 77.4 Å². The van der Waals surface area contributed by atoms with Crippen molar-refractivity contribution in [2.24, 2.45) is 0 Å². The summed E-state index contributed by atoms with van der Waals surface area (Å²) in [6.07, 6.45) is 34.1. The summed E-state index contributed by atoms with van der Waals surface area (Å²) in [5.74, 6) is 0. The second-order valence-electron chi connectivity index (χ2n) is 34.1. The lowest BCUT2D eigenvalue weighted by Crippen LogP contribution is -1.97. The molecule has 16 heteroatoms. The first-order valence-electron chi connectivity index (χ1n) is 42.5. The molecule has 32 rings (SSSR count). The first kappa shape index (κ1) is 66.7. The van der Waals surface area contributed by atoms with E-state index in [9.17, 15) is 0 Å². The summed E-state index contributed by atoms with van der Waals surface area (Å²) in [6.45, 7) is 0. The molecule has 0 spiro atoms. The third kappa shape index (κ3) is 8.98. The van der Waals surface area contributed by atoms with Crippen molar-refractivity contribution in [3.05, 3.63) is 383 Å². The third-order valence-electron chi connectivity index (χ3n) is 27.9. The molecule has 0 unspecified atom stereocenters.